The molecule has 0 unspecified atom stereocenters. The van der Waals surface area contributed by atoms with Crippen molar-refractivity contribution in [3.05, 3.63) is 65.3 Å². The first-order valence-corrected chi connectivity index (χ1v) is 10.3. The third-order valence-corrected chi connectivity index (χ3v) is 5.58. The van der Waals surface area contributed by atoms with Gasteiger partial charge in [-0.05, 0) is 54.7 Å². The average Bonchev–Trinajstić information content (AvgIpc) is 2.68. The lowest BCUT2D eigenvalue weighted by molar-refractivity contribution is 0.467. The van der Waals surface area contributed by atoms with Crippen molar-refractivity contribution in [3.63, 3.8) is 0 Å². The number of rotatable bonds is 3. The van der Waals surface area contributed by atoms with Crippen LogP contribution in [0.5, 0.6) is 0 Å². The van der Waals surface area contributed by atoms with Gasteiger partial charge in [-0.1, -0.05) is 46.3 Å². The van der Waals surface area contributed by atoms with Crippen LogP contribution < -0.4 is 15.5 Å². The van der Waals surface area contributed by atoms with Crippen molar-refractivity contribution in [1.29, 1.82) is 0 Å². The fourth-order valence-corrected chi connectivity index (χ4v) is 4.19. The van der Waals surface area contributed by atoms with Crippen molar-refractivity contribution in [2.45, 2.75) is 18.9 Å². The van der Waals surface area contributed by atoms with Crippen LogP contribution in [0.1, 0.15) is 12.8 Å². The molecule has 3 aromatic rings. The summed E-state index contributed by atoms with van der Waals surface area (Å²) in [6.45, 7) is 1.94. The smallest absolute Gasteiger partial charge is 0.170 e. The van der Waals surface area contributed by atoms with E-state index in [0.717, 1.165) is 41.9 Å². The molecule has 4 rings (SSSR count). The van der Waals surface area contributed by atoms with Crippen LogP contribution in [-0.4, -0.2) is 29.2 Å². The van der Waals surface area contributed by atoms with Crippen molar-refractivity contribution in [3.8, 4) is 0 Å². The van der Waals surface area contributed by atoms with E-state index in [4.69, 9.17) is 12.2 Å². The maximum Gasteiger partial charge on any atom is 0.170 e. The molecular weight excluding hydrogens is 420 g/mol. The molecule has 0 aliphatic carbocycles. The quantitative estimate of drug-likeness (QED) is 0.563. The molecule has 6 heteroatoms. The molecule has 2 aromatic carbocycles. The molecule has 1 aliphatic heterocycles. The standard InChI is InChI=1S/C21H21BrN4S/c22-16-5-3-6-18(14-16)25-21(27)24-17-9-12-26(13-10-17)20-19-7-2-1-4-15(19)8-11-23-20/h1-8,11,14,17H,9-10,12-13H2,(H2,24,25,27). The second kappa shape index (κ2) is 8.23. The fraction of sp³-hybridized carbons (Fsp3) is 0.238. The molecule has 0 spiro atoms. The molecule has 4 nitrogen and oxygen atoms in total. The van der Waals surface area contributed by atoms with Gasteiger partial charge < -0.3 is 15.5 Å². The van der Waals surface area contributed by atoms with Gasteiger partial charge in [0.25, 0.3) is 0 Å². The second-order valence-corrected chi connectivity index (χ2v) is 8.05. The maximum absolute atomic E-state index is 5.48. The van der Waals surface area contributed by atoms with E-state index in [-0.39, 0.29) is 0 Å². The summed E-state index contributed by atoms with van der Waals surface area (Å²) in [5, 5.41) is 9.85. The lowest BCUT2D eigenvalue weighted by Crippen LogP contribution is -2.46. The minimum atomic E-state index is 0.378. The third kappa shape index (κ3) is 4.39. The van der Waals surface area contributed by atoms with Gasteiger partial charge in [0.1, 0.15) is 5.82 Å². The van der Waals surface area contributed by atoms with Gasteiger partial charge in [0, 0.05) is 40.9 Å². The molecule has 27 heavy (non-hydrogen) atoms. The number of piperidine rings is 1. The number of aromatic nitrogens is 1. The summed E-state index contributed by atoms with van der Waals surface area (Å²) in [7, 11) is 0. The topological polar surface area (TPSA) is 40.2 Å². The highest BCUT2D eigenvalue weighted by molar-refractivity contribution is 9.10. The number of anilines is 2. The van der Waals surface area contributed by atoms with E-state index in [9.17, 15) is 0 Å². The lowest BCUT2D eigenvalue weighted by Gasteiger charge is -2.34. The van der Waals surface area contributed by atoms with Gasteiger partial charge in [0.05, 0.1) is 0 Å². The average molecular weight is 441 g/mol. The third-order valence-electron chi connectivity index (χ3n) is 4.86. The van der Waals surface area contributed by atoms with E-state index >= 15 is 0 Å². The van der Waals surface area contributed by atoms with Crippen LogP contribution in [0.25, 0.3) is 10.8 Å². The Labute approximate surface area is 173 Å². The number of nitrogens with zero attached hydrogens (tertiary/aromatic N) is 2. The number of halogens is 1. The van der Waals surface area contributed by atoms with Gasteiger partial charge in [0.2, 0.25) is 0 Å². The van der Waals surface area contributed by atoms with Crippen LogP contribution in [0.4, 0.5) is 11.5 Å². The van der Waals surface area contributed by atoms with Crippen LogP contribution >= 0.6 is 28.1 Å². The number of hydrogen-bond acceptors (Lipinski definition) is 3. The van der Waals surface area contributed by atoms with E-state index in [2.05, 4.69) is 66.8 Å². The second-order valence-electron chi connectivity index (χ2n) is 6.73. The van der Waals surface area contributed by atoms with Crippen LogP contribution in [0.15, 0.2) is 65.3 Å². The van der Waals surface area contributed by atoms with Gasteiger partial charge in [-0.3, -0.25) is 0 Å². The van der Waals surface area contributed by atoms with Crippen molar-refractivity contribution >= 4 is 55.5 Å². The fourth-order valence-electron chi connectivity index (χ4n) is 3.51. The minimum Gasteiger partial charge on any atom is -0.360 e. The first kappa shape index (κ1) is 18.2. The van der Waals surface area contributed by atoms with E-state index in [1.807, 2.05) is 30.5 Å². The lowest BCUT2D eigenvalue weighted by atomic mass is 10.0. The Hall–Kier alpha value is -2.18. The maximum atomic E-state index is 5.48. The highest BCUT2D eigenvalue weighted by atomic mass is 79.9. The normalized spacial score (nSPS) is 14.9. The molecule has 1 aromatic heterocycles. The summed E-state index contributed by atoms with van der Waals surface area (Å²) in [5.41, 5.74) is 0.985. The minimum absolute atomic E-state index is 0.378. The Morgan fingerprint density at radius 1 is 1.07 bits per heavy atom. The van der Waals surface area contributed by atoms with Gasteiger partial charge in [0.15, 0.2) is 5.11 Å². The van der Waals surface area contributed by atoms with E-state index in [0.29, 0.717) is 11.2 Å². The number of hydrogen-bond donors (Lipinski definition) is 2. The predicted octanol–water partition coefficient (Wildman–Crippen LogP) is 4.95. The van der Waals surface area contributed by atoms with E-state index in [1.165, 1.54) is 10.8 Å². The molecule has 1 fully saturated rings. The van der Waals surface area contributed by atoms with Gasteiger partial charge >= 0.3 is 0 Å². The molecule has 2 heterocycles. The first-order valence-electron chi connectivity index (χ1n) is 9.11. The van der Waals surface area contributed by atoms with E-state index < -0.39 is 0 Å². The zero-order valence-electron chi connectivity index (χ0n) is 14.9. The summed E-state index contributed by atoms with van der Waals surface area (Å²) < 4.78 is 1.03. The van der Waals surface area contributed by atoms with E-state index in [1.54, 1.807) is 0 Å². The number of thiocarbonyl (C=S) groups is 1. The molecule has 0 atom stereocenters. The predicted molar refractivity (Wildman–Crippen MR) is 120 cm³/mol. The zero-order valence-corrected chi connectivity index (χ0v) is 17.3. The van der Waals surface area contributed by atoms with Crippen LogP contribution in [0, 0.1) is 0 Å². The van der Waals surface area contributed by atoms with Crippen LogP contribution in [0.3, 0.4) is 0 Å². The summed E-state index contributed by atoms with van der Waals surface area (Å²) in [6.07, 6.45) is 3.97. The van der Waals surface area contributed by atoms with Crippen molar-refractivity contribution in [1.82, 2.24) is 10.3 Å². The molecule has 0 amide bonds. The molecule has 2 N–H and O–H groups in total. The molecule has 1 aliphatic rings. The molecule has 138 valence electrons. The largest absolute Gasteiger partial charge is 0.360 e. The zero-order chi connectivity index (χ0) is 18.6. The summed E-state index contributed by atoms with van der Waals surface area (Å²) in [5.74, 6) is 1.08. The molecule has 1 saturated heterocycles. The number of pyridine rings is 1. The monoisotopic (exact) mass is 440 g/mol. The number of benzene rings is 2. The number of fused-ring (bicyclic) bond motifs is 1. The first-order chi connectivity index (χ1) is 13.2. The summed E-state index contributed by atoms with van der Waals surface area (Å²) >= 11 is 8.96. The van der Waals surface area contributed by atoms with Crippen LogP contribution in [-0.2, 0) is 0 Å². The highest BCUT2D eigenvalue weighted by Crippen LogP contribution is 2.26. The van der Waals surface area contributed by atoms with Gasteiger partial charge in [-0.25, -0.2) is 4.98 Å². The van der Waals surface area contributed by atoms with Crippen molar-refractivity contribution < 1.29 is 0 Å². The van der Waals surface area contributed by atoms with Gasteiger partial charge in [-0.15, -0.1) is 0 Å². The van der Waals surface area contributed by atoms with Crippen LogP contribution in [0.2, 0.25) is 0 Å². The number of nitrogens with one attached hydrogen (secondary N) is 2. The Morgan fingerprint density at radius 3 is 2.70 bits per heavy atom. The molecule has 0 radical (unpaired) electrons. The molecule has 0 saturated carbocycles. The highest BCUT2D eigenvalue weighted by Gasteiger charge is 2.21. The van der Waals surface area contributed by atoms with Crippen molar-refractivity contribution in [2.24, 2.45) is 0 Å². The summed E-state index contributed by atoms with van der Waals surface area (Å²) in [6, 6.07) is 18.9. The summed E-state index contributed by atoms with van der Waals surface area (Å²) in [4.78, 5) is 7.02. The Bertz CT molecular complexity index is 948. The van der Waals surface area contributed by atoms with Gasteiger partial charge in [-0.2, -0.15) is 0 Å². The Morgan fingerprint density at radius 2 is 1.89 bits per heavy atom. The Balaban J connectivity index is 1.35. The Kier molecular flexibility index (Phi) is 5.55. The SMILES string of the molecule is S=C(Nc1cccc(Br)c1)NC1CCN(c2nccc3ccccc23)CC1. The molecule has 0 bridgehead atoms. The molecular formula is C21H21BrN4S. The van der Waals surface area contributed by atoms with Crippen molar-refractivity contribution in [2.75, 3.05) is 23.3 Å².